The van der Waals surface area contributed by atoms with Crippen molar-refractivity contribution < 1.29 is 9.90 Å². The predicted molar refractivity (Wildman–Crippen MR) is 82.1 cm³/mol. The van der Waals surface area contributed by atoms with Crippen LogP contribution in [0.2, 0.25) is 0 Å². The Morgan fingerprint density at radius 2 is 1.57 bits per heavy atom. The smallest absolute Gasteiger partial charge is 0.200 e. The van der Waals surface area contributed by atoms with E-state index < -0.39 is 5.78 Å². The summed E-state index contributed by atoms with van der Waals surface area (Å²) < 4.78 is 0. The first-order valence-electron chi connectivity index (χ1n) is 6.38. The minimum atomic E-state index is -0.525. The van der Waals surface area contributed by atoms with Crippen molar-refractivity contribution in [2.45, 2.75) is 0 Å². The molecule has 0 saturated heterocycles. The van der Waals surface area contributed by atoms with Crippen molar-refractivity contribution in [3.8, 4) is 6.07 Å². The Bertz CT molecular complexity index is 723. The summed E-state index contributed by atoms with van der Waals surface area (Å²) in [4.78, 5) is 12.0. The zero-order valence-electron chi connectivity index (χ0n) is 11.2. The van der Waals surface area contributed by atoms with E-state index in [1.54, 1.807) is 42.5 Å². The van der Waals surface area contributed by atoms with Gasteiger partial charge in [-0.2, -0.15) is 5.26 Å². The van der Waals surface area contributed by atoms with Gasteiger partial charge in [0.1, 0.15) is 17.4 Å². The molecule has 2 aromatic rings. The van der Waals surface area contributed by atoms with Crippen LogP contribution in [0.5, 0.6) is 0 Å². The van der Waals surface area contributed by atoms with Gasteiger partial charge in [0, 0.05) is 5.56 Å². The molecule has 0 aliphatic rings. The van der Waals surface area contributed by atoms with E-state index in [2.05, 4.69) is 0 Å². The highest BCUT2D eigenvalue weighted by Crippen LogP contribution is 2.16. The van der Waals surface area contributed by atoms with Gasteiger partial charge in [0.15, 0.2) is 5.78 Å². The fourth-order valence-corrected chi connectivity index (χ4v) is 1.78. The Balaban J connectivity index is 2.28. The van der Waals surface area contributed by atoms with Crippen LogP contribution in [0.15, 0.2) is 72.3 Å². The predicted octanol–water partition coefficient (Wildman–Crippen LogP) is 3.76. The van der Waals surface area contributed by atoms with Crippen LogP contribution in [0.1, 0.15) is 11.1 Å². The maximum absolute atomic E-state index is 12.0. The van der Waals surface area contributed by atoms with Crippen molar-refractivity contribution in [1.82, 2.24) is 0 Å². The molecule has 0 amide bonds. The van der Waals surface area contributed by atoms with Gasteiger partial charge in [0.2, 0.25) is 0 Å². The SMILES string of the molecule is N#C/C(C(=O)/C=C/c1ccccc1)=C(/O)c1ccccc1. The zero-order chi connectivity index (χ0) is 15.1. The lowest BCUT2D eigenvalue weighted by atomic mass is 10.0. The van der Waals surface area contributed by atoms with Crippen molar-refractivity contribution in [2.24, 2.45) is 0 Å². The minimum Gasteiger partial charge on any atom is -0.506 e. The molecule has 0 bridgehead atoms. The number of aliphatic hydroxyl groups is 1. The molecular weight excluding hydrogens is 262 g/mol. The van der Waals surface area contributed by atoms with Crippen LogP contribution in [0.3, 0.4) is 0 Å². The Hall–Kier alpha value is -3.12. The number of ketones is 1. The van der Waals surface area contributed by atoms with Gasteiger partial charge < -0.3 is 5.11 Å². The van der Waals surface area contributed by atoms with Crippen LogP contribution < -0.4 is 0 Å². The average molecular weight is 275 g/mol. The van der Waals surface area contributed by atoms with Crippen molar-refractivity contribution in [3.05, 3.63) is 83.4 Å². The quantitative estimate of drug-likeness (QED) is 0.525. The summed E-state index contributed by atoms with van der Waals surface area (Å²) in [5, 5.41) is 19.2. The molecule has 0 aromatic heterocycles. The van der Waals surface area contributed by atoms with Gasteiger partial charge in [-0.15, -0.1) is 0 Å². The van der Waals surface area contributed by atoms with Crippen LogP contribution in [0.25, 0.3) is 11.8 Å². The second-order valence-electron chi connectivity index (χ2n) is 4.31. The van der Waals surface area contributed by atoms with E-state index in [4.69, 9.17) is 5.26 Å². The van der Waals surface area contributed by atoms with E-state index in [1.807, 2.05) is 30.3 Å². The second kappa shape index (κ2) is 6.88. The third-order valence-electron chi connectivity index (χ3n) is 2.87. The molecule has 2 aromatic carbocycles. The standard InChI is InChI=1S/C18H13NO2/c19-13-16(18(21)15-9-5-2-6-10-15)17(20)12-11-14-7-3-1-4-8-14/h1-12,21H/b12-11+,18-16-. The van der Waals surface area contributed by atoms with Gasteiger partial charge >= 0.3 is 0 Å². The van der Waals surface area contributed by atoms with Crippen LogP contribution in [0, 0.1) is 11.3 Å². The molecule has 0 fully saturated rings. The largest absolute Gasteiger partial charge is 0.506 e. The van der Waals surface area contributed by atoms with Gasteiger partial charge in [0.05, 0.1) is 0 Å². The molecule has 0 spiro atoms. The van der Waals surface area contributed by atoms with Crippen LogP contribution in [-0.4, -0.2) is 10.9 Å². The summed E-state index contributed by atoms with van der Waals surface area (Å²) in [6, 6.07) is 19.6. The Morgan fingerprint density at radius 1 is 1.00 bits per heavy atom. The molecule has 0 atom stereocenters. The highest BCUT2D eigenvalue weighted by atomic mass is 16.3. The maximum atomic E-state index is 12.0. The fourth-order valence-electron chi connectivity index (χ4n) is 1.78. The van der Waals surface area contributed by atoms with Gasteiger partial charge in [-0.1, -0.05) is 66.7 Å². The zero-order valence-corrected chi connectivity index (χ0v) is 11.2. The summed E-state index contributed by atoms with van der Waals surface area (Å²) in [5.41, 5.74) is 1.02. The van der Waals surface area contributed by atoms with Crippen molar-refractivity contribution >= 4 is 17.6 Å². The molecule has 0 saturated carbocycles. The summed E-state index contributed by atoms with van der Waals surface area (Å²) in [5.74, 6) is -0.830. The molecule has 2 rings (SSSR count). The number of nitriles is 1. The average Bonchev–Trinajstić information content (AvgIpc) is 2.55. The number of hydrogen-bond acceptors (Lipinski definition) is 3. The Kier molecular flexibility index (Phi) is 4.68. The number of carbonyl (C=O) groups excluding carboxylic acids is 1. The van der Waals surface area contributed by atoms with Gasteiger partial charge in [-0.05, 0) is 11.6 Å². The second-order valence-corrected chi connectivity index (χ2v) is 4.31. The first-order chi connectivity index (χ1) is 10.2. The summed E-state index contributed by atoms with van der Waals surface area (Å²) in [7, 11) is 0. The van der Waals surface area contributed by atoms with Crippen molar-refractivity contribution in [1.29, 1.82) is 5.26 Å². The number of aliphatic hydroxyl groups excluding tert-OH is 1. The number of carbonyl (C=O) groups is 1. The van der Waals surface area contributed by atoms with Gasteiger partial charge in [0.25, 0.3) is 0 Å². The monoisotopic (exact) mass is 275 g/mol. The molecule has 102 valence electrons. The van der Waals surface area contributed by atoms with Crippen LogP contribution >= 0.6 is 0 Å². The molecule has 0 aliphatic heterocycles. The molecule has 0 heterocycles. The number of allylic oxidation sites excluding steroid dienone is 2. The van der Waals surface area contributed by atoms with E-state index >= 15 is 0 Å². The van der Waals surface area contributed by atoms with E-state index in [0.29, 0.717) is 5.56 Å². The molecule has 0 unspecified atom stereocenters. The van der Waals surface area contributed by atoms with Crippen molar-refractivity contribution in [2.75, 3.05) is 0 Å². The third kappa shape index (κ3) is 3.68. The van der Waals surface area contributed by atoms with Crippen molar-refractivity contribution in [3.63, 3.8) is 0 Å². The van der Waals surface area contributed by atoms with Gasteiger partial charge in [-0.3, -0.25) is 4.79 Å². The van der Waals surface area contributed by atoms with E-state index in [9.17, 15) is 9.90 Å². The number of benzene rings is 2. The van der Waals surface area contributed by atoms with Gasteiger partial charge in [-0.25, -0.2) is 0 Å². The topological polar surface area (TPSA) is 61.1 Å². The number of rotatable bonds is 4. The molecule has 21 heavy (non-hydrogen) atoms. The lowest BCUT2D eigenvalue weighted by Crippen LogP contribution is -2.00. The third-order valence-corrected chi connectivity index (χ3v) is 2.87. The van der Waals surface area contributed by atoms with Crippen LogP contribution in [-0.2, 0) is 4.79 Å². The molecule has 0 radical (unpaired) electrons. The number of nitrogens with zero attached hydrogens (tertiary/aromatic N) is 1. The molecule has 1 N–H and O–H groups in total. The summed E-state index contributed by atoms with van der Waals surface area (Å²) in [6.45, 7) is 0. The molecular formula is C18H13NO2. The molecule has 0 aliphatic carbocycles. The summed E-state index contributed by atoms with van der Waals surface area (Å²) in [6.07, 6.45) is 2.89. The van der Waals surface area contributed by atoms with Crippen LogP contribution in [0.4, 0.5) is 0 Å². The van der Waals surface area contributed by atoms with E-state index in [-0.39, 0.29) is 11.3 Å². The van der Waals surface area contributed by atoms with E-state index in [1.165, 1.54) is 6.08 Å². The lowest BCUT2D eigenvalue weighted by molar-refractivity contribution is -0.110. The molecule has 3 nitrogen and oxygen atoms in total. The minimum absolute atomic E-state index is 0.270. The Labute approximate surface area is 123 Å². The highest BCUT2D eigenvalue weighted by Gasteiger charge is 2.13. The first kappa shape index (κ1) is 14.3. The maximum Gasteiger partial charge on any atom is 0.200 e. The Morgan fingerprint density at radius 3 is 2.14 bits per heavy atom. The lowest BCUT2D eigenvalue weighted by Gasteiger charge is -2.01. The number of hydrogen-bond donors (Lipinski definition) is 1. The van der Waals surface area contributed by atoms with E-state index in [0.717, 1.165) is 5.56 Å². The first-order valence-corrected chi connectivity index (χ1v) is 6.38. The fraction of sp³-hybridized carbons (Fsp3) is 0. The molecule has 3 heteroatoms. The summed E-state index contributed by atoms with van der Waals surface area (Å²) >= 11 is 0. The normalized spacial score (nSPS) is 11.8. The highest BCUT2D eigenvalue weighted by molar-refractivity contribution is 6.13.